The number of hydrogen-bond acceptors (Lipinski definition) is 7. The zero-order valence-corrected chi connectivity index (χ0v) is 15.4. The standard InChI is InChI=1S/C17H16N2O4S2/c1-9-7-11(10(2)25-9)13(20)3-4-15(21)23-8-14-18-12-5-6-24-16(12)17(22)19-14/h5-7H,3-4,8H2,1-2H3,(H,18,19,22). The van der Waals surface area contributed by atoms with Crippen LogP contribution in [0.15, 0.2) is 22.3 Å². The lowest BCUT2D eigenvalue weighted by Crippen LogP contribution is -2.14. The third-order valence-corrected chi connectivity index (χ3v) is 5.50. The highest BCUT2D eigenvalue weighted by Gasteiger charge is 2.15. The summed E-state index contributed by atoms with van der Waals surface area (Å²) in [4.78, 5) is 44.7. The van der Waals surface area contributed by atoms with Crippen LogP contribution in [0.3, 0.4) is 0 Å². The van der Waals surface area contributed by atoms with E-state index in [0.29, 0.717) is 21.6 Å². The van der Waals surface area contributed by atoms with E-state index in [1.807, 2.05) is 19.9 Å². The van der Waals surface area contributed by atoms with Crippen molar-refractivity contribution in [3.05, 3.63) is 49.0 Å². The molecule has 3 aromatic rings. The minimum atomic E-state index is -0.494. The fourth-order valence-corrected chi connectivity index (χ4v) is 4.14. The fourth-order valence-electron chi connectivity index (χ4n) is 2.47. The first-order valence-corrected chi connectivity index (χ1v) is 9.36. The van der Waals surface area contributed by atoms with E-state index in [-0.39, 0.29) is 30.8 Å². The second-order valence-corrected chi connectivity index (χ2v) is 7.93. The Morgan fingerprint density at radius 2 is 2.08 bits per heavy atom. The number of nitrogens with zero attached hydrogens (tertiary/aromatic N) is 1. The number of aromatic amines is 1. The van der Waals surface area contributed by atoms with Gasteiger partial charge < -0.3 is 9.72 Å². The number of H-pyrrole nitrogens is 1. The number of thiophene rings is 2. The molecule has 0 radical (unpaired) electrons. The number of aryl methyl sites for hydroxylation is 2. The summed E-state index contributed by atoms with van der Waals surface area (Å²) < 4.78 is 5.66. The Morgan fingerprint density at radius 3 is 2.80 bits per heavy atom. The average molecular weight is 376 g/mol. The molecule has 0 unspecified atom stereocenters. The van der Waals surface area contributed by atoms with Gasteiger partial charge in [-0.3, -0.25) is 14.4 Å². The van der Waals surface area contributed by atoms with E-state index in [0.717, 1.165) is 9.75 Å². The molecule has 0 spiro atoms. The van der Waals surface area contributed by atoms with Gasteiger partial charge in [0.25, 0.3) is 5.56 Å². The van der Waals surface area contributed by atoms with Crippen molar-refractivity contribution in [2.75, 3.05) is 0 Å². The molecule has 3 aromatic heterocycles. The smallest absolute Gasteiger partial charge is 0.306 e. The average Bonchev–Trinajstić information content (AvgIpc) is 3.17. The molecule has 0 aliphatic heterocycles. The first kappa shape index (κ1) is 17.5. The number of fused-ring (bicyclic) bond motifs is 1. The van der Waals surface area contributed by atoms with Crippen molar-refractivity contribution in [1.29, 1.82) is 0 Å². The predicted molar refractivity (Wildman–Crippen MR) is 97.4 cm³/mol. The molecule has 0 aliphatic rings. The third kappa shape index (κ3) is 4.02. The van der Waals surface area contributed by atoms with Gasteiger partial charge in [-0.2, -0.15) is 0 Å². The van der Waals surface area contributed by atoms with E-state index in [1.54, 1.807) is 22.8 Å². The number of carbonyl (C=O) groups excluding carboxylic acids is 2. The van der Waals surface area contributed by atoms with Crippen LogP contribution in [-0.2, 0) is 16.1 Å². The molecule has 0 bridgehead atoms. The van der Waals surface area contributed by atoms with Gasteiger partial charge in [-0.25, -0.2) is 4.98 Å². The number of ether oxygens (including phenoxy) is 1. The first-order chi connectivity index (χ1) is 11.9. The zero-order valence-electron chi connectivity index (χ0n) is 13.8. The van der Waals surface area contributed by atoms with E-state index in [4.69, 9.17) is 4.74 Å². The number of esters is 1. The molecule has 3 heterocycles. The summed E-state index contributed by atoms with van der Waals surface area (Å²) in [5.74, 6) is -0.268. The molecule has 0 atom stereocenters. The molecule has 0 saturated carbocycles. The molecule has 0 aliphatic carbocycles. The van der Waals surface area contributed by atoms with Crippen LogP contribution in [0, 0.1) is 13.8 Å². The number of Topliss-reactive ketones (excluding diaryl/α,β-unsaturated/α-hetero) is 1. The lowest BCUT2D eigenvalue weighted by atomic mass is 10.1. The van der Waals surface area contributed by atoms with Gasteiger partial charge in [0.1, 0.15) is 17.1 Å². The largest absolute Gasteiger partial charge is 0.458 e. The van der Waals surface area contributed by atoms with Gasteiger partial charge in [-0.1, -0.05) is 0 Å². The zero-order chi connectivity index (χ0) is 18.0. The second-order valence-electron chi connectivity index (χ2n) is 5.56. The number of ketones is 1. The van der Waals surface area contributed by atoms with Crippen LogP contribution in [-0.4, -0.2) is 21.7 Å². The summed E-state index contributed by atoms with van der Waals surface area (Å²) in [7, 11) is 0. The van der Waals surface area contributed by atoms with Gasteiger partial charge >= 0.3 is 5.97 Å². The third-order valence-electron chi connectivity index (χ3n) is 3.63. The molecule has 25 heavy (non-hydrogen) atoms. The highest BCUT2D eigenvalue weighted by Crippen LogP contribution is 2.22. The molecule has 1 N–H and O–H groups in total. The maximum Gasteiger partial charge on any atom is 0.306 e. The van der Waals surface area contributed by atoms with Crippen molar-refractivity contribution in [3.8, 4) is 0 Å². The Hall–Kier alpha value is -2.32. The maximum absolute atomic E-state index is 12.2. The van der Waals surface area contributed by atoms with Gasteiger partial charge in [0.05, 0.1) is 11.9 Å². The Kier molecular flexibility index (Phi) is 5.10. The predicted octanol–water partition coefficient (Wildman–Crippen LogP) is 3.37. The van der Waals surface area contributed by atoms with Crippen LogP contribution in [0.1, 0.15) is 38.8 Å². The lowest BCUT2D eigenvalue weighted by molar-refractivity contribution is -0.145. The SMILES string of the molecule is Cc1cc(C(=O)CCC(=O)OCc2nc3ccsc3c(=O)[nH]2)c(C)s1. The van der Waals surface area contributed by atoms with Crippen LogP contribution in [0.2, 0.25) is 0 Å². The van der Waals surface area contributed by atoms with E-state index < -0.39 is 5.97 Å². The topological polar surface area (TPSA) is 89.1 Å². The van der Waals surface area contributed by atoms with Gasteiger partial charge in [0.15, 0.2) is 5.78 Å². The number of hydrogen-bond donors (Lipinski definition) is 1. The Morgan fingerprint density at radius 1 is 1.28 bits per heavy atom. The summed E-state index contributed by atoms with van der Waals surface area (Å²) in [5.41, 5.74) is 1.01. The molecule has 6 nitrogen and oxygen atoms in total. The van der Waals surface area contributed by atoms with E-state index in [9.17, 15) is 14.4 Å². The highest BCUT2D eigenvalue weighted by atomic mass is 32.1. The van der Waals surface area contributed by atoms with Crippen molar-refractivity contribution >= 4 is 44.6 Å². The molecule has 3 rings (SSSR count). The minimum Gasteiger partial charge on any atom is -0.458 e. The van der Waals surface area contributed by atoms with E-state index >= 15 is 0 Å². The molecule has 0 fully saturated rings. The van der Waals surface area contributed by atoms with Gasteiger partial charge in [-0.05, 0) is 31.4 Å². The monoisotopic (exact) mass is 376 g/mol. The maximum atomic E-state index is 12.2. The molecular weight excluding hydrogens is 360 g/mol. The Balaban J connectivity index is 1.54. The van der Waals surface area contributed by atoms with Gasteiger partial charge in [0, 0.05) is 21.7 Å². The molecule has 0 saturated heterocycles. The minimum absolute atomic E-state index is 0.00189. The summed E-state index contributed by atoms with van der Waals surface area (Å²) in [6, 6.07) is 3.59. The molecule has 0 amide bonds. The second kappa shape index (κ2) is 7.28. The summed E-state index contributed by atoms with van der Waals surface area (Å²) in [5, 5.41) is 1.78. The Bertz CT molecular complexity index is 1000. The molecule has 8 heteroatoms. The Labute approximate surface area is 151 Å². The van der Waals surface area contributed by atoms with Crippen LogP contribution in [0.5, 0.6) is 0 Å². The van der Waals surface area contributed by atoms with Crippen molar-refractivity contribution in [3.63, 3.8) is 0 Å². The number of carbonyl (C=O) groups is 2. The van der Waals surface area contributed by atoms with Crippen molar-refractivity contribution in [2.45, 2.75) is 33.3 Å². The van der Waals surface area contributed by atoms with E-state index in [2.05, 4.69) is 9.97 Å². The van der Waals surface area contributed by atoms with Crippen molar-refractivity contribution in [1.82, 2.24) is 9.97 Å². The highest BCUT2D eigenvalue weighted by molar-refractivity contribution is 7.17. The molecule has 130 valence electrons. The van der Waals surface area contributed by atoms with Crippen LogP contribution in [0.4, 0.5) is 0 Å². The van der Waals surface area contributed by atoms with Crippen LogP contribution in [0.25, 0.3) is 10.2 Å². The molecule has 0 aromatic carbocycles. The summed E-state index contributed by atoms with van der Waals surface area (Å²) >= 11 is 2.87. The lowest BCUT2D eigenvalue weighted by Gasteiger charge is -2.04. The fraction of sp³-hybridized carbons (Fsp3) is 0.294. The van der Waals surface area contributed by atoms with Crippen molar-refractivity contribution in [2.24, 2.45) is 0 Å². The number of nitrogens with one attached hydrogen (secondary N) is 1. The van der Waals surface area contributed by atoms with Crippen LogP contribution < -0.4 is 5.56 Å². The number of aromatic nitrogens is 2. The summed E-state index contributed by atoms with van der Waals surface area (Å²) in [6.45, 7) is 3.72. The van der Waals surface area contributed by atoms with Gasteiger partial charge in [0.2, 0.25) is 0 Å². The normalized spacial score (nSPS) is 11.0. The van der Waals surface area contributed by atoms with Crippen LogP contribution >= 0.6 is 22.7 Å². The number of rotatable bonds is 6. The van der Waals surface area contributed by atoms with Gasteiger partial charge in [-0.15, -0.1) is 22.7 Å². The summed E-state index contributed by atoms with van der Waals surface area (Å²) in [6.07, 6.45) is 0.0987. The van der Waals surface area contributed by atoms with E-state index in [1.165, 1.54) is 11.3 Å². The first-order valence-electron chi connectivity index (χ1n) is 7.66. The molecular formula is C17H16N2O4S2. The van der Waals surface area contributed by atoms with Crippen molar-refractivity contribution < 1.29 is 14.3 Å². The quantitative estimate of drug-likeness (QED) is 0.526.